The van der Waals surface area contributed by atoms with Crippen LogP contribution in [0, 0.1) is 0 Å². The molecular formula is C10H14N6. The second-order valence-corrected chi connectivity index (χ2v) is 3.73. The number of nitrogens with one attached hydrogen (secondary N) is 1. The van der Waals surface area contributed by atoms with Crippen molar-refractivity contribution >= 4 is 11.5 Å². The Morgan fingerprint density at radius 2 is 2.19 bits per heavy atom. The zero-order chi connectivity index (χ0) is 11.5. The smallest absolute Gasteiger partial charge is 0.166 e. The summed E-state index contributed by atoms with van der Waals surface area (Å²) in [6.07, 6.45) is 6.60. The number of rotatable bonds is 3. The van der Waals surface area contributed by atoms with E-state index in [1.165, 1.54) is 6.33 Å². The van der Waals surface area contributed by atoms with E-state index in [9.17, 15) is 0 Å². The van der Waals surface area contributed by atoms with Gasteiger partial charge in [0, 0.05) is 18.4 Å². The quantitative estimate of drug-likeness (QED) is 0.805. The molecule has 0 aliphatic heterocycles. The molecule has 0 aromatic carbocycles. The number of hydrogen-bond acceptors (Lipinski definition) is 5. The molecule has 6 heteroatoms. The lowest BCUT2D eigenvalue weighted by Crippen LogP contribution is -2.14. The lowest BCUT2D eigenvalue weighted by molar-refractivity contribution is 0.882. The van der Waals surface area contributed by atoms with Crippen LogP contribution in [0.3, 0.4) is 0 Å². The first-order chi connectivity index (χ1) is 7.68. The normalized spacial score (nSPS) is 10.7. The summed E-state index contributed by atoms with van der Waals surface area (Å²) in [6.45, 7) is 4.05. The van der Waals surface area contributed by atoms with Gasteiger partial charge in [0.15, 0.2) is 11.6 Å². The molecule has 0 radical (unpaired) electrons. The molecule has 0 amide bonds. The fourth-order valence-electron chi connectivity index (χ4n) is 1.36. The monoisotopic (exact) mass is 218 g/mol. The average molecular weight is 218 g/mol. The van der Waals surface area contributed by atoms with E-state index in [-0.39, 0.29) is 6.04 Å². The summed E-state index contributed by atoms with van der Waals surface area (Å²) in [7, 11) is 0. The van der Waals surface area contributed by atoms with Gasteiger partial charge in [-0.3, -0.25) is 4.57 Å². The van der Waals surface area contributed by atoms with Gasteiger partial charge in [-0.25, -0.2) is 15.0 Å². The van der Waals surface area contributed by atoms with E-state index in [4.69, 9.17) is 5.73 Å². The zero-order valence-corrected chi connectivity index (χ0v) is 9.25. The molecule has 2 aromatic heterocycles. The van der Waals surface area contributed by atoms with Crippen LogP contribution in [-0.4, -0.2) is 25.6 Å². The van der Waals surface area contributed by atoms with Gasteiger partial charge in [0.05, 0.1) is 0 Å². The van der Waals surface area contributed by atoms with Gasteiger partial charge in [-0.05, 0) is 13.8 Å². The molecule has 0 bridgehead atoms. The van der Waals surface area contributed by atoms with Crippen LogP contribution in [-0.2, 0) is 0 Å². The third-order valence-electron chi connectivity index (χ3n) is 2.04. The van der Waals surface area contributed by atoms with Gasteiger partial charge in [0.1, 0.15) is 18.3 Å². The van der Waals surface area contributed by atoms with E-state index in [0.29, 0.717) is 17.3 Å². The molecule has 3 N–H and O–H groups in total. The maximum atomic E-state index is 5.99. The van der Waals surface area contributed by atoms with Crippen molar-refractivity contribution in [3.63, 3.8) is 0 Å². The van der Waals surface area contributed by atoms with Crippen molar-refractivity contribution in [1.82, 2.24) is 19.5 Å². The number of aromatic nitrogens is 4. The molecule has 0 atom stereocenters. The summed E-state index contributed by atoms with van der Waals surface area (Å²) in [5.41, 5.74) is 6.51. The largest absolute Gasteiger partial charge is 0.393 e. The van der Waals surface area contributed by atoms with Crippen molar-refractivity contribution in [1.29, 1.82) is 0 Å². The molecule has 84 valence electrons. The van der Waals surface area contributed by atoms with Gasteiger partial charge in [-0.2, -0.15) is 0 Å². The lowest BCUT2D eigenvalue weighted by Gasteiger charge is -2.13. The van der Waals surface area contributed by atoms with Crippen LogP contribution >= 0.6 is 0 Å². The first kappa shape index (κ1) is 10.4. The number of nitrogens with two attached hydrogens (primary N) is 1. The predicted octanol–water partition coefficient (Wildman–Crippen LogP) is 1.06. The van der Waals surface area contributed by atoms with Crippen LogP contribution in [0.2, 0.25) is 0 Å². The first-order valence-electron chi connectivity index (χ1n) is 5.04. The highest BCUT2D eigenvalue weighted by Crippen LogP contribution is 2.21. The molecule has 6 nitrogen and oxygen atoms in total. The SMILES string of the molecule is CC(C)Nc1ncnc(-n2ccnc2)c1N. The summed E-state index contributed by atoms with van der Waals surface area (Å²) >= 11 is 0. The Labute approximate surface area is 93.6 Å². The summed E-state index contributed by atoms with van der Waals surface area (Å²) in [5.74, 6) is 1.28. The van der Waals surface area contributed by atoms with Crippen LogP contribution in [0.15, 0.2) is 25.0 Å². The van der Waals surface area contributed by atoms with Crippen LogP contribution < -0.4 is 11.1 Å². The van der Waals surface area contributed by atoms with Crippen molar-refractivity contribution in [2.24, 2.45) is 0 Å². The van der Waals surface area contributed by atoms with Gasteiger partial charge in [-0.15, -0.1) is 0 Å². The molecule has 0 aliphatic carbocycles. The lowest BCUT2D eigenvalue weighted by atomic mass is 10.3. The predicted molar refractivity (Wildman–Crippen MR) is 62.3 cm³/mol. The molecule has 0 spiro atoms. The molecule has 2 aromatic rings. The fourth-order valence-corrected chi connectivity index (χ4v) is 1.36. The molecule has 0 aliphatic rings. The number of imidazole rings is 1. The minimum atomic E-state index is 0.271. The molecule has 0 unspecified atom stereocenters. The number of anilines is 2. The Hall–Kier alpha value is -2.11. The third-order valence-corrected chi connectivity index (χ3v) is 2.04. The molecule has 0 saturated carbocycles. The van der Waals surface area contributed by atoms with E-state index in [1.54, 1.807) is 23.3 Å². The minimum absolute atomic E-state index is 0.271. The van der Waals surface area contributed by atoms with Crippen LogP contribution in [0.5, 0.6) is 0 Å². The highest BCUT2D eigenvalue weighted by atomic mass is 15.1. The number of nitrogens with zero attached hydrogens (tertiary/aromatic N) is 4. The maximum absolute atomic E-state index is 5.99. The molecular weight excluding hydrogens is 204 g/mol. The van der Waals surface area contributed by atoms with Gasteiger partial charge in [0.2, 0.25) is 0 Å². The second-order valence-electron chi connectivity index (χ2n) is 3.73. The Bertz CT molecular complexity index is 462. The van der Waals surface area contributed by atoms with Crippen LogP contribution in [0.25, 0.3) is 5.82 Å². The van der Waals surface area contributed by atoms with E-state index < -0.39 is 0 Å². The minimum Gasteiger partial charge on any atom is -0.393 e. The van der Waals surface area contributed by atoms with Crippen molar-refractivity contribution in [3.8, 4) is 5.82 Å². The highest BCUT2D eigenvalue weighted by molar-refractivity contribution is 5.69. The average Bonchev–Trinajstić information content (AvgIpc) is 2.73. The Morgan fingerprint density at radius 1 is 1.38 bits per heavy atom. The molecule has 0 saturated heterocycles. The molecule has 0 fully saturated rings. The second kappa shape index (κ2) is 4.18. The fraction of sp³-hybridized carbons (Fsp3) is 0.300. The van der Waals surface area contributed by atoms with E-state index >= 15 is 0 Å². The summed E-state index contributed by atoms with van der Waals surface area (Å²) in [4.78, 5) is 12.2. The summed E-state index contributed by atoms with van der Waals surface area (Å²) < 4.78 is 1.75. The van der Waals surface area contributed by atoms with Crippen molar-refractivity contribution < 1.29 is 0 Å². The Morgan fingerprint density at radius 3 is 2.81 bits per heavy atom. The third kappa shape index (κ3) is 1.95. The van der Waals surface area contributed by atoms with Gasteiger partial charge in [-0.1, -0.05) is 0 Å². The van der Waals surface area contributed by atoms with E-state index in [1.807, 2.05) is 13.8 Å². The molecule has 16 heavy (non-hydrogen) atoms. The van der Waals surface area contributed by atoms with Crippen molar-refractivity contribution in [3.05, 3.63) is 25.0 Å². The van der Waals surface area contributed by atoms with Crippen molar-refractivity contribution in [2.75, 3.05) is 11.1 Å². The zero-order valence-electron chi connectivity index (χ0n) is 9.25. The van der Waals surface area contributed by atoms with Crippen molar-refractivity contribution in [2.45, 2.75) is 19.9 Å². The Kier molecular flexibility index (Phi) is 2.72. The highest BCUT2D eigenvalue weighted by Gasteiger charge is 2.09. The maximum Gasteiger partial charge on any atom is 0.166 e. The standard InChI is InChI=1S/C10H14N6/c1-7(2)15-9-8(11)10(14-5-13-9)16-4-3-12-6-16/h3-7H,11H2,1-2H3,(H,13,14,15). The van der Waals surface area contributed by atoms with Crippen LogP contribution in [0.4, 0.5) is 11.5 Å². The Balaban J connectivity index is 2.41. The van der Waals surface area contributed by atoms with E-state index in [2.05, 4.69) is 20.3 Å². The summed E-state index contributed by atoms with van der Waals surface area (Å²) in [6, 6.07) is 0.271. The van der Waals surface area contributed by atoms with Gasteiger partial charge in [0.25, 0.3) is 0 Å². The van der Waals surface area contributed by atoms with E-state index in [0.717, 1.165) is 0 Å². The molecule has 2 heterocycles. The van der Waals surface area contributed by atoms with Crippen LogP contribution in [0.1, 0.15) is 13.8 Å². The number of hydrogen-bond donors (Lipinski definition) is 2. The molecule has 2 rings (SSSR count). The number of nitrogen functional groups attached to an aromatic ring is 1. The van der Waals surface area contributed by atoms with Gasteiger partial charge < -0.3 is 11.1 Å². The van der Waals surface area contributed by atoms with Gasteiger partial charge >= 0.3 is 0 Å². The summed E-state index contributed by atoms with van der Waals surface area (Å²) in [5, 5.41) is 3.17. The topological polar surface area (TPSA) is 81.7 Å². The first-order valence-corrected chi connectivity index (χ1v) is 5.04.